The summed E-state index contributed by atoms with van der Waals surface area (Å²) in [7, 11) is 1.79. The van der Waals surface area contributed by atoms with E-state index in [-0.39, 0.29) is 17.2 Å². The van der Waals surface area contributed by atoms with Crippen LogP contribution in [0.5, 0.6) is 0 Å². The molecule has 3 heterocycles. The minimum atomic E-state index is -0.346. The lowest BCUT2D eigenvalue weighted by Gasteiger charge is -2.39. The summed E-state index contributed by atoms with van der Waals surface area (Å²) in [6.07, 6.45) is 6.93. The lowest BCUT2D eigenvalue weighted by Crippen LogP contribution is -2.50. The minimum Gasteiger partial charge on any atom is -0.373 e. The lowest BCUT2D eigenvalue weighted by atomic mass is 9.78. The van der Waals surface area contributed by atoms with Crippen molar-refractivity contribution in [2.45, 2.75) is 32.1 Å². The zero-order chi connectivity index (χ0) is 17.4. The average molecular weight is 342 g/mol. The van der Waals surface area contributed by atoms with Crippen molar-refractivity contribution in [2.24, 2.45) is 11.3 Å². The Morgan fingerprint density at radius 1 is 1.36 bits per heavy atom. The largest absolute Gasteiger partial charge is 0.373 e. The molecule has 4 rings (SSSR count). The van der Waals surface area contributed by atoms with Gasteiger partial charge in [0.25, 0.3) is 5.91 Å². The van der Waals surface area contributed by atoms with Crippen molar-refractivity contribution < 1.29 is 9.59 Å². The van der Waals surface area contributed by atoms with Gasteiger partial charge in [0.15, 0.2) is 0 Å². The maximum atomic E-state index is 13.1. The first-order chi connectivity index (χ1) is 12.1. The average Bonchev–Trinajstić information content (AvgIpc) is 3.36. The highest BCUT2D eigenvalue weighted by Gasteiger charge is 2.50. The van der Waals surface area contributed by atoms with Gasteiger partial charge in [0, 0.05) is 45.0 Å². The van der Waals surface area contributed by atoms with Gasteiger partial charge in [-0.25, -0.2) is 4.98 Å². The summed E-state index contributed by atoms with van der Waals surface area (Å²) in [5, 5.41) is 2.96. The summed E-state index contributed by atoms with van der Waals surface area (Å²) in [5.41, 5.74) is 0.288. The van der Waals surface area contributed by atoms with Gasteiger partial charge >= 0.3 is 0 Å². The maximum absolute atomic E-state index is 13.1. The Labute approximate surface area is 148 Å². The molecule has 0 unspecified atom stereocenters. The van der Waals surface area contributed by atoms with Crippen LogP contribution in [0.15, 0.2) is 18.3 Å². The highest BCUT2D eigenvalue weighted by Crippen LogP contribution is 2.42. The van der Waals surface area contributed by atoms with Crippen molar-refractivity contribution in [3.8, 4) is 0 Å². The van der Waals surface area contributed by atoms with Crippen molar-refractivity contribution in [1.82, 2.24) is 14.8 Å². The number of nitrogens with zero attached hydrogens (tertiary/aromatic N) is 3. The standard InChI is InChI=1S/C19H26N4O2/c1-20-16-11-15(5-8-21-16)17(24)23-10-7-19(13-23)6-2-9-22(18(19)25)12-14-3-4-14/h5,8,11,14H,2-4,6-7,9-10,12-13H2,1H3,(H,20,21)/t19-/m1/s1. The second kappa shape index (κ2) is 6.32. The molecule has 3 aliphatic rings. The van der Waals surface area contributed by atoms with Gasteiger partial charge in [-0.1, -0.05) is 0 Å². The zero-order valence-corrected chi connectivity index (χ0v) is 14.8. The second-order valence-electron chi connectivity index (χ2n) is 7.73. The molecule has 2 saturated heterocycles. The van der Waals surface area contributed by atoms with Gasteiger partial charge in [0.1, 0.15) is 5.82 Å². The molecule has 2 amide bonds. The van der Waals surface area contributed by atoms with Crippen LogP contribution < -0.4 is 5.32 Å². The number of amides is 2. The van der Waals surface area contributed by atoms with E-state index in [0.29, 0.717) is 24.5 Å². The van der Waals surface area contributed by atoms with E-state index < -0.39 is 0 Å². The van der Waals surface area contributed by atoms with Crippen LogP contribution in [-0.4, -0.2) is 59.8 Å². The number of hydrogen-bond donors (Lipinski definition) is 1. The molecule has 0 radical (unpaired) electrons. The second-order valence-corrected chi connectivity index (χ2v) is 7.73. The van der Waals surface area contributed by atoms with Crippen LogP contribution in [0.4, 0.5) is 5.82 Å². The Morgan fingerprint density at radius 3 is 2.96 bits per heavy atom. The summed E-state index contributed by atoms with van der Waals surface area (Å²) in [6.45, 7) is 3.04. The fourth-order valence-electron chi connectivity index (χ4n) is 4.25. The van der Waals surface area contributed by atoms with Crippen molar-refractivity contribution >= 4 is 17.6 Å². The SMILES string of the molecule is CNc1cc(C(=O)N2CC[C@]3(CCCN(CC4CC4)C3=O)C2)ccn1. The molecule has 1 saturated carbocycles. The van der Waals surface area contributed by atoms with Crippen molar-refractivity contribution in [3.63, 3.8) is 0 Å². The lowest BCUT2D eigenvalue weighted by molar-refractivity contribution is -0.145. The fraction of sp³-hybridized carbons (Fsp3) is 0.632. The number of hydrogen-bond acceptors (Lipinski definition) is 4. The molecular formula is C19H26N4O2. The molecule has 1 aromatic rings. The van der Waals surface area contributed by atoms with Crippen LogP contribution >= 0.6 is 0 Å². The van der Waals surface area contributed by atoms with Gasteiger partial charge in [-0.05, 0) is 50.2 Å². The van der Waals surface area contributed by atoms with E-state index in [1.807, 2.05) is 4.90 Å². The molecule has 6 nitrogen and oxygen atoms in total. The molecule has 1 aromatic heterocycles. The van der Waals surface area contributed by atoms with E-state index in [2.05, 4.69) is 15.2 Å². The number of pyridine rings is 1. The first-order valence-electron chi connectivity index (χ1n) is 9.34. The molecule has 1 spiro atoms. The molecule has 1 aliphatic carbocycles. The quantitative estimate of drug-likeness (QED) is 0.909. The van der Waals surface area contributed by atoms with Crippen molar-refractivity contribution in [3.05, 3.63) is 23.9 Å². The molecular weight excluding hydrogens is 316 g/mol. The Balaban J connectivity index is 1.47. The molecule has 0 aromatic carbocycles. The number of carbonyl (C=O) groups excluding carboxylic acids is 2. The molecule has 2 aliphatic heterocycles. The Hall–Kier alpha value is -2.11. The molecule has 6 heteroatoms. The number of aromatic nitrogens is 1. The van der Waals surface area contributed by atoms with Crippen molar-refractivity contribution in [2.75, 3.05) is 38.5 Å². The summed E-state index contributed by atoms with van der Waals surface area (Å²) < 4.78 is 0. The summed E-state index contributed by atoms with van der Waals surface area (Å²) in [4.78, 5) is 34.0. The van der Waals surface area contributed by atoms with Gasteiger partial charge < -0.3 is 15.1 Å². The molecule has 1 atom stereocenters. The topological polar surface area (TPSA) is 65.5 Å². The molecule has 134 valence electrons. The van der Waals surface area contributed by atoms with E-state index >= 15 is 0 Å². The van der Waals surface area contributed by atoms with E-state index in [1.165, 1.54) is 12.8 Å². The zero-order valence-electron chi connectivity index (χ0n) is 14.8. The Kier molecular flexibility index (Phi) is 4.13. The van der Waals surface area contributed by atoms with Gasteiger partial charge in [-0.15, -0.1) is 0 Å². The van der Waals surface area contributed by atoms with E-state index in [9.17, 15) is 9.59 Å². The van der Waals surface area contributed by atoms with Gasteiger partial charge in [-0.2, -0.15) is 0 Å². The van der Waals surface area contributed by atoms with Crippen LogP contribution in [0.2, 0.25) is 0 Å². The first-order valence-corrected chi connectivity index (χ1v) is 9.34. The van der Waals surface area contributed by atoms with Gasteiger partial charge in [0.2, 0.25) is 5.91 Å². The summed E-state index contributed by atoms with van der Waals surface area (Å²) in [6, 6.07) is 3.52. The number of nitrogens with one attached hydrogen (secondary N) is 1. The number of anilines is 1. The predicted molar refractivity (Wildman–Crippen MR) is 95.3 cm³/mol. The predicted octanol–water partition coefficient (Wildman–Crippen LogP) is 1.99. The van der Waals surface area contributed by atoms with Crippen LogP contribution in [0.25, 0.3) is 0 Å². The van der Waals surface area contributed by atoms with E-state index in [1.54, 1.807) is 25.4 Å². The molecule has 3 fully saturated rings. The number of rotatable bonds is 4. The Bertz CT molecular complexity index is 688. The number of carbonyl (C=O) groups is 2. The maximum Gasteiger partial charge on any atom is 0.254 e. The van der Waals surface area contributed by atoms with Crippen LogP contribution in [0.3, 0.4) is 0 Å². The van der Waals surface area contributed by atoms with Crippen LogP contribution in [-0.2, 0) is 4.79 Å². The first kappa shape index (κ1) is 16.4. The highest BCUT2D eigenvalue weighted by molar-refractivity contribution is 5.96. The Morgan fingerprint density at radius 2 is 2.20 bits per heavy atom. The van der Waals surface area contributed by atoms with Crippen LogP contribution in [0.1, 0.15) is 42.5 Å². The smallest absolute Gasteiger partial charge is 0.254 e. The monoisotopic (exact) mass is 342 g/mol. The summed E-state index contributed by atoms with van der Waals surface area (Å²) >= 11 is 0. The van der Waals surface area contributed by atoms with Gasteiger partial charge in [-0.3, -0.25) is 9.59 Å². The third-order valence-corrected chi connectivity index (χ3v) is 5.90. The van der Waals surface area contributed by atoms with Crippen molar-refractivity contribution in [1.29, 1.82) is 0 Å². The number of piperidine rings is 1. The van der Waals surface area contributed by atoms with E-state index in [0.717, 1.165) is 38.3 Å². The molecule has 25 heavy (non-hydrogen) atoms. The molecule has 1 N–H and O–H groups in total. The molecule has 0 bridgehead atoms. The summed E-state index contributed by atoms with van der Waals surface area (Å²) in [5.74, 6) is 1.69. The normalized spacial score (nSPS) is 26.4. The van der Waals surface area contributed by atoms with Crippen LogP contribution in [0, 0.1) is 11.3 Å². The van der Waals surface area contributed by atoms with Gasteiger partial charge in [0.05, 0.1) is 5.41 Å². The fourth-order valence-corrected chi connectivity index (χ4v) is 4.25. The highest BCUT2D eigenvalue weighted by atomic mass is 16.2. The third-order valence-electron chi connectivity index (χ3n) is 5.90. The van der Waals surface area contributed by atoms with E-state index in [4.69, 9.17) is 0 Å². The minimum absolute atomic E-state index is 0.00268. The third kappa shape index (κ3) is 3.10. The number of likely N-dealkylation sites (tertiary alicyclic amines) is 2.